The zero-order chi connectivity index (χ0) is 12.1. The van der Waals surface area contributed by atoms with Crippen LogP contribution in [0.3, 0.4) is 0 Å². The van der Waals surface area contributed by atoms with Crippen LogP contribution in [0.2, 0.25) is 0 Å². The minimum Gasteiger partial charge on any atom is -0.376 e. The zero-order valence-corrected chi connectivity index (χ0v) is 9.96. The van der Waals surface area contributed by atoms with E-state index in [0.717, 1.165) is 38.4 Å². The quantitative estimate of drug-likeness (QED) is 0.784. The summed E-state index contributed by atoms with van der Waals surface area (Å²) in [6.45, 7) is 4.65. The van der Waals surface area contributed by atoms with E-state index in [4.69, 9.17) is 10.00 Å². The van der Waals surface area contributed by atoms with Crippen LogP contribution in [-0.4, -0.2) is 35.8 Å². The number of hydrogen-bond acceptors (Lipinski definition) is 5. The molecule has 2 rings (SSSR count). The lowest BCUT2D eigenvalue weighted by Gasteiger charge is -2.24. The van der Waals surface area contributed by atoms with Crippen molar-refractivity contribution in [3.05, 3.63) is 18.1 Å². The second-order valence-corrected chi connectivity index (χ2v) is 4.05. The maximum atomic E-state index is 8.67. The highest BCUT2D eigenvalue weighted by Crippen LogP contribution is 2.16. The molecule has 1 fully saturated rings. The van der Waals surface area contributed by atoms with Gasteiger partial charge in [-0.05, 0) is 19.8 Å². The fourth-order valence-electron chi connectivity index (χ4n) is 1.96. The highest BCUT2D eigenvalue weighted by Gasteiger charge is 2.19. The molecule has 1 atom stereocenters. The van der Waals surface area contributed by atoms with E-state index in [1.54, 1.807) is 6.20 Å². The van der Waals surface area contributed by atoms with Crippen LogP contribution in [0, 0.1) is 11.3 Å². The second-order valence-electron chi connectivity index (χ2n) is 4.05. The van der Waals surface area contributed by atoms with Crippen LogP contribution in [0.15, 0.2) is 12.4 Å². The summed E-state index contributed by atoms with van der Waals surface area (Å²) in [6.07, 6.45) is 5.71. The lowest BCUT2D eigenvalue weighted by molar-refractivity contribution is 0.115. The van der Waals surface area contributed by atoms with Gasteiger partial charge in [0.15, 0.2) is 5.69 Å². The molecular formula is C12H16N4O. The van der Waals surface area contributed by atoms with E-state index < -0.39 is 0 Å². The third kappa shape index (κ3) is 2.92. The number of aromatic nitrogens is 2. The Labute approximate surface area is 101 Å². The lowest BCUT2D eigenvalue weighted by Crippen LogP contribution is -2.32. The van der Waals surface area contributed by atoms with Crippen LogP contribution in [0.1, 0.15) is 25.5 Å². The van der Waals surface area contributed by atoms with Crippen molar-refractivity contribution in [1.29, 1.82) is 5.26 Å². The summed E-state index contributed by atoms with van der Waals surface area (Å²) in [6, 6.07) is 1.97. The summed E-state index contributed by atoms with van der Waals surface area (Å²) in [5.41, 5.74) is 0.349. The topological polar surface area (TPSA) is 62.0 Å². The molecule has 0 spiro atoms. The third-order valence-corrected chi connectivity index (χ3v) is 2.91. The highest BCUT2D eigenvalue weighted by molar-refractivity contribution is 5.37. The van der Waals surface area contributed by atoms with E-state index in [1.807, 2.05) is 6.07 Å². The number of likely N-dealkylation sites (N-methyl/N-ethyl adjacent to an activating group) is 1. The van der Waals surface area contributed by atoms with Gasteiger partial charge in [0.1, 0.15) is 11.9 Å². The van der Waals surface area contributed by atoms with Gasteiger partial charge in [0.2, 0.25) is 0 Å². The van der Waals surface area contributed by atoms with E-state index in [0.29, 0.717) is 11.8 Å². The van der Waals surface area contributed by atoms with E-state index in [2.05, 4.69) is 21.8 Å². The summed E-state index contributed by atoms with van der Waals surface area (Å²) < 4.78 is 5.61. The van der Waals surface area contributed by atoms with Crippen LogP contribution in [0.5, 0.6) is 0 Å². The van der Waals surface area contributed by atoms with Crippen LogP contribution in [0.25, 0.3) is 0 Å². The first-order valence-electron chi connectivity index (χ1n) is 5.92. The van der Waals surface area contributed by atoms with Gasteiger partial charge in [0, 0.05) is 19.7 Å². The Hall–Kier alpha value is -1.67. The predicted octanol–water partition coefficient (Wildman–Crippen LogP) is 1.35. The van der Waals surface area contributed by atoms with Gasteiger partial charge in [0.25, 0.3) is 0 Å². The normalized spacial score (nSPS) is 18.9. The maximum Gasteiger partial charge on any atom is 0.158 e. The summed E-state index contributed by atoms with van der Waals surface area (Å²) >= 11 is 0. The highest BCUT2D eigenvalue weighted by atomic mass is 16.5. The molecule has 1 aliphatic rings. The Morgan fingerprint density at radius 3 is 2.94 bits per heavy atom. The van der Waals surface area contributed by atoms with Crippen LogP contribution in [-0.2, 0) is 4.74 Å². The van der Waals surface area contributed by atoms with Crippen molar-refractivity contribution in [3.63, 3.8) is 0 Å². The molecule has 1 saturated heterocycles. The first-order chi connectivity index (χ1) is 8.33. The Balaban J connectivity index is 2.03. The van der Waals surface area contributed by atoms with Gasteiger partial charge >= 0.3 is 0 Å². The largest absolute Gasteiger partial charge is 0.376 e. The van der Waals surface area contributed by atoms with Gasteiger partial charge < -0.3 is 9.64 Å². The number of anilines is 1. The molecule has 0 aromatic carbocycles. The molecule has 5 nitrogen and oxygen atoms in total. The van der Waals surface area contributed by atoms with Crippen molar-refractivity contribution < 1.29 is 4.74 Å². The van der Waals surface area contributed by atoms with Gasteiger partial charge in [-0.1, -0.05) is 0 Å². The summed E-state index contributed by atoms with van der Waals surface area (Å²) in [7, 11) is 0. The smallest absolute Gasteiger partial charge is 0.158 e. The zero-order valence-electron chi connectivity index (χ0n) is 9.96. The molecule has 1 aromatic heterocycles. The molecule has 5 heteroatoms. The van der Waals surface area contributed by atoms with Crippen molar-refractivity contribution in [3.8, 4) is 6.07 Å². The van der Waals surface area contributed by atoms with Crippen molar-refractivity contribution in [2.45, 2.75) is 25.9 Å². The van der Waals surface area contributed by atoms with E-state index in [-0.39, 0.29) is 0 Å². The van der Waals surface area contributed by atoms with Crippen molar-refractivity contribution >= 4 is 5.82 Å². The molecule has 1 aliphatic heterocycles. The number of nitriles is 1. The Bertz CT molecular complexity index is 392. The fourth-order valence-corrected chi connectivity index (χ4v) is 1.96. The average molecular weight is 232 g/mol. The molecule has 17 heavy (non-hydrogen) atoms. The molecule has 0 radical (unpaired) electrons. The van der Waals surface area contributed by atoms with Crippen LogP contribution in [0.4, 0.5) is 5.82 Å². The number of hydrogen-bond donors (Lipinski definition) is 0. The Morgan fingerprint density at radius 1 is 1.53 bits per heavy atom. The first kappa shape index (κ1) is 11.8. The molecule has 90 valence electrons. The number of nitrogens with zero attached hydrogens (tertiary/aromatic N) is 4. The SMILES string of the molecule is CCN(CC1CCCO1)c1cnc(C#N)cn1. The Kier molecular flexibility index (Phi) is 3.89. The summed E-state index contributed by atoms with van der Waals surface area (Å²) in [5, 5.41) is 8.67. The third-order valence-electron chi connectivity index (χ3n) is 2.91. The van der Waals surface area contributed by atoms with Gasteiger partial charge in [-0.25, -0.2) is 9.97 Å². The molecule has 0 amide bonds. The van der Waals surface area contributed by atoms with Crippen molar-refractivity contribution in [2.75, 3.05) is 24.6 Å². The van der Waals surface area contributed by atoms with E-state index >= 15 is 0 Å². The fraction of sp³-hybridized carbons (Fsp3) is 0.583. The monoisotopic (exact) mass is 232 g/mol. The van der Waals surface area contributed by atoms with Crippen LogP contribution < -0.4 is 4.90 Å². The van der Waals surface area contributed by atoms with Gasteiger partial charge in [-0.15, -0.1) is 0 Å². The average Bonchev–Trinajstić information content (AvgIpc) is 2.89. The van der Waals surface area contributed by atoms with Crippen molar-refractivity contribution in [1.82, 2.24) is 9.97 Å². The molecule has 1 unspecified atom stereocenters. The van der Waals surface area contributed by atoms with Gasteiger partial charge in [-0.2, -0.15) is 5.26 Å². The predicted molar refractivity (Wildman–Crippen MR) is 63.6 cm³/mol. The number of ether oxygens (including phenoxy) is 1. The molecular weight excluding hydrogens is 216 g/mol. The molecule has 0 bridgehead atoms. The minimum atomic E-state index is 0.299. The standard InChI is InChI=1S/C12H16N4O/c1-2-16(9-11-4-3-5-17-11)12-8-14-10(6-13)7-15-12/h7-8,11H,2-5,9H2,1H3. The molecule has 0 saturated carbocycles. The van der Waals surface area contributed by atoms with E-state index in [9.17, 15) is 0 Å². The summed E-state index contributed by atoms with van der Waals surface area (Å²) in [5.74, 6) is 0.807. The maximum absolute atomic E-state index is 8.67. The van der Waals surface area contributed by atoms with Gasteiger partial charge in [0.05, 0.1) is 18.5 Å². The lowest BCUT2D eigenvalue weighted by atomic mass is 10.2. The molecule has 0 N–H and O–H groups in total. The van der Waals surface area contributed by atoms with Gasteiger partial charge in [-0.3, -0.25) is 0 Å². The molecule has 0 aliphatic carbocycles. The minimum absolute atomic E-state index is 0.299. The first-order valence-corrected chi connectivity index (χ1v) is 5.92. The van der Waals surface area contributed by atoms with Crippen molar-refractivity contribution in [2.24, 2.45) is 0 Å². The summed E-state index contributed by atoms with van der Waals surface area (Å²) in [4.78, 5) is 10.4. The van der Waals surface area contributed by atoms with E-state index in [1.165, 1.54) is 6.20 Å². The Morgan fingerprint density at radius 2 is 2.41 bits per heavy atom. The molecule has 2 heterocycles. The van der Waals surface area contributed by atoms with Crippen LogP contribution >= 0.6 is 0 Å². The number of rotatable bonds is 4. The molecule has 1 aromatic rings. The second kappa shape index (κ2) is 5.60.